The second-order valence-corrected chi connectivity index (χ2v) is 5.28. The lowest BCUT2D eigenvalue weighted by Gasteiger charge is -2.13. The van der Waals surface area contributed by atoms with E-state index in [1.165, 1.54) is 12.8 Å². The smallest absolute Gasteiger partial charge is 0.267 e. The quantitative estimate of drug-likeness (QED) is 0.760. The zero-order valence-corrected chi connectivity index (χ0v) is 10.9. The molecular formula is C14H18N4O. The highest BCUT2D eigenvalue weighted by atomic mass is 16.1. The Balaban J connectivity index is 1.87. The molecule has 3 rings (SSSR count). The van der Waals surface area contributed by atoms with Crippen LogP contribution in [0, 0.1) is 5.92 Å². The first-order valence-electron chi connectivity index (χ1n) is 6.65. The molecule has 19 heavy (non-hydrogen) atoms. The molecule has 1 saturated carbocycles. The number of nitrogens with one attached hydrogen (secondary N) is 2. The van der Waals surface area contributed by atoms with E-state index in [0.717, 1.165) is 29.1 Å². The van der Waals surface area contributed by atoms with Crippen molar-refractivity contribution in [2.75, 3.05) is 0 Å². The standard InChI is InChI=1S/C14H18N4O/c1-8(9-2-3-9)17-7-10-6-12(14(15)19)18-11-4-5-16-13(10)11/h4-6,8-9,16-17H,2-3,7H2,1H3,(H2,15,19)/t8-/m0/s1. The Kier molecular flexibility index (Phi) is 2.98. The average molecular weight is 258 g/mol. The molecule has 4 N–H and O–H groups in total. The van der Waals surface area contributed by atoms with Crippen molar-refractivity contribution in [3.8, 4) is 0 Å². The summed E-state index contributed by atoms with van der Waals surface area (Å²) in [6, 6.07) is 4.14. The molecule has 1 aliphatic carbocycles. The number of amides is 1. The molecule has 1 amide bonds. The number of aromatic amines is 1. The van der Waals surface area contributed by atoms with E-state index in [9.17, 15) is 4.79 Å². The number of nitrogens with two attached hydrogens (primary N) is 1. The van der Waals surface area contributed by atoms with Crippen LogP contribution in [0.15, 0.2) is 18.3 Å². The molecule has 1 atom stereocenters. The van der Waals surface area contributed by atoms with Gasteiger partial charge in [0.05, 0.1) is 11.0 Å². The van der Waals surface area contributed by atoms with Crippen LogP contribution in [0.4, 0.5) is 0 Å². The van der Waals surface area contributed by atoms with E-state index in [-0.39, 0.29) is 0 Å². The number of H-pyrrole nitrogens is 1. The predicted octanol–water partition coefficient (Wildman–Crippen LogP) is 1.55. The number of nitrogens with zero attached hydrogens (tertiary/aromatic N) is 1. The van der Waals surface area contributed by atoms with Gasteiger partial charge in [0.2, 0.25) is 0 Å². The predicted molar refractivity (Wildman–Crippen MR) is 73.6 cm³/mol. The summed E-state index contributed by atoms with van der Waals surface area (Å²) < 4.78 is 0. The van der Waals surface area contributed by atoms with Crippen molar-refractivity contribution >= 4 is 16.9 Å². The Bertz CT molecular complexity index is 615. The maximum atomic E-state index is 11.3. The number of hydrogen-bond donors (Lipinski definition) is 3. The van der Waals surface area contributed by atoms with E-state index < -0.39 is 5.91 Å². The van der Waals surface area contributed by atoms with E-state index in [4.69, 9.17) is 5.73 Å². The Morgan fingerprint density at radius 1 is 1.63 bits per heavy atom. The van der Waals surface area contributed by atoms with Crippen molar-refractivity contribution in [1.82, 2.24) is 15.3 Å². The summed E-state index contributed by atoms with van der Waals surface area (Å²) in [4.78, 5) is 18.7. The van der Waals surface area contributed by atoms with Gasteiger partial charge in [0.1, 0.15) is 5.69 Å². The number of primary amides is 1. The van der Waals surface area contributed by atoms with Crippen LogP contribution in [0.2, 0.25) is 0 Å². The van der Waals surface area contributed by atoms with Gasteiger partial charge in [-0.3, -0.25) is 4.79 Å². The van der Waals surface area contributed by atoms with Crippen LogP contribution in [-0.2, 0) is 6.54 Å². The molecule has 0 unspecified atom stereocenters. The number of carbonyl (C=O) groups is 1. The van der Waals surface area contributed by atoms with E-state index in [1.807, 2.05) is 12.3 Å². The van der Waals surface area contributed by atoms with Gasteiger partial charge >= 0.3 is 0 Å². The Labute approximate surface area is 111 Å². The van der Waals surface area contributed by atoms with Gasteiger partial charge in [-0.15, -0.1) is 0 Å². The minimum atomic E-state index is -0.486. The molecule has 5 heteroatoms. The van der Waals surface area contributed by atoms with Gasteiger partial charge in [-0.2, -0.15) is 0 Å². The summed E-state index contributed by atoms with van der Waals surface area (Å²) in [6.07, 6.45) is 4.46. The van der Waals surface area contributed by atoms with Gasteiger partial charge in [0, 0.05) is 18.8 Å². The lowest BCUT2D eigenvalue weighted by molar-refractivity contribution is 0.0996. The molecule has 2 heterocycles. The third-order valence-electron chi connectivity index (χ3n) is 3.79. The number of pyridine rings is 1. The molecule has 2 aromatic heterocycles. The highest BCUT2D eigenvalue weighted by molar-refractivity contribution is 5.94. The topological polar surface area (TPSA) is 83.8 Å². The van der Waals surface area contributed by atoms with Gasteiger partial charge in [-0.1, -0.05) is 0 Å². The normalized spacial score (nSPS) is 16.7. The Hall–Kier alpha value is -1.88. The minimum Gasteiger partial charge on any atom is -0.364 e. The molecular weight excluding hydrogens is 240 g/mol. The second-order valence-electron chi connectivity index (χ2n) is 5.28. The third-order valence-corrected chi connectivity index (χ3v) is 3.79. The molecule has 0 saturated heterocycles. The first-order chi connectivity index (χ1) is 9.15. The van der Waals surface area contributed by atoms with E-state index in [2.05, 4.69) is 22.2 Å². The van der Waals surface area contributed by atoms with Gasteiger partial charge < -0.3 is 16.0 Å². The molecule has 0 radical (unpaired) electrons. The van der Waals surface area contributed by atoms with E-state index in [0.29, 0.717) is 11.7 Å². The van der Waals surface area contributed by atoms with Crippen molar-refractivity contribution in [1.29, 1.82) is 0 Å². The summed E-state index contributed by atoms with van der Waals surface area (Å²) in [5.41, 5.74) is 8.44. The SMILES string of the molecule is C[C@H](NCc1cc(C(N)=O)nc2cc[nH]c12)C1CC1. The molecule has 0 bridgehead atoms. The Morgan fingerprint density at radius 2 is 2.42 bits per heavy atom. The third kappa shape index (κ3) is 2.46. The van der Waals surface area contributed by atoms with Crippen LogP contribution in [0.3, 0.4) is 0 Å². The van der Waals surface area contributed by atoms with Crippen molar-refractivity contribution in [3.05, 3.63) is 29.6 Å². The second kappa shape index (κ2) is 4.66. The molecule has 0 aromatic carbocycles. The van der Waals surface area contributed by atoms with Crippen LogP contribution in [0.1, 0.15) is 35.8 Å². The van der Waals surface area contributed by atoms with Crippen molar-refractivity contribution in [2.24, 2.45) is 11.7 Å². The van der Waals surface area contributed by atoms with E-state index in [1.54, 1.807) is 6.07 Å². The average Bonchev–Trinajstić information content (AvgIpc) is 3.13. The number of fused-ring (bicyclic) bond motifs is 1. The van der Waals surface area contributed by atoms with Crippen LogP contribution >= 0.6 is 0 Å². The first-order valence-corrected chi connectivity index (χ1v) is 6.65. The van der Waals surface area contributed by atoms with Gasteiger partial charge in [0.15, 0.2) is 0 Å². The summed E-state index contributed by atoms with van der Waals surface area (Å²) in [5, 5.41) is 3.51. The van der Waals surface area contributed by atoms with Crippen molar-refractivity contribution in [2.45, 2.75) is 32.4 Å². The summed E-state index contributed by atoms with van der Waals surface area (Å²) in [7, 11) is 0. The number of hydrogen-bond acceptors (Lipinski definition) is 3. The van der Waals surface area contributed by atoms with E-state index >= 15 is 0 Å². The lowest BCUT2D eigenvalue weighted by atomic mass is 10.1. The molecule has 5 nitrogen and oxygen atoms in total. The van der Waals surface area contributed by atoms with Crippen LogP contribution in [-0.4, -0.2) is 21.9 Å². The van der Waals surface area contributed by atoms with Gasteiger partial charge in [-0.25, -0.2) is 4.98 Å². The fraction of sp³-hybridized carbons (Fsp3) is 0.429. The van der Waals surface area contributed by atoms with Crippen LogP contribution in [0.5, 0.6) is 0 Å². The molecule has 100 valence electrons. The summed E-state index contributed by atoms with van der Waals surface area (Å²) >= 11 is 0. The van der Waals surface area contributed by atoms with Crippen molar-refractivity contribution < 1.29 is 4.79 Å². The monoisotopic (exact) mass is 258 g/mol. The maximum Gasteiger partial charge on any atom is 0.267 e. The van der Waals surface area contributed by atoms with Gasteiger partial charge in [-0.05, 0) is 43.4 Å². The molecule has 1 aliphatic rings. The zero-order chi connectivity index (χ0) is 13.4. The fourth-order valence-corrected chi connectivity index (χ4v) is 2.41. The summed E-state index contributed by atoms with van der Waals surface area (Å²) in [6.45, 7) is 2.93. The lowest BCUT2D eigenvalue weighted by Crippen LogP contribution is -2.27. The molecule has 1 fully saturated rings. The van der Waals surface area contributed by atoms with Crippen LogP contribution in [0.25, 0.3) is 11.0 Å². The maximum absolute atomic E-state index is 11.3. The fourth-order valence-electron chi connectivity index (χ4n) is 2.41. The Morgan fingerprint density at radius 3 is 3.11 bits per heavy atom. The number of rotatable bonds is 5. The molecule has 0 aliphatic heterocycles. The number of aromatic nitrogens is 2. The highest BCUT2D eigenvalue weighted by Gasteiger charge is 2.27. The highest BCUT2D eigenvalue weighted by Crippen LogP contribution is 2.32. The molecule has 2 aromatic rings. The zero-order valence-electron chi connectivity index (χ0n) is 10.9. The summed E-state index contributed by atoms with van der Waals surface area (Å²) in [5.74, 6) is 0.316. The van der Waals surface area contributed by atoms with Crippen LogP contribution < -0.4 is 11.1 Å². The van der Waals surface area contributed by atoms with Crippen molar-refractivity contribution in [3.63, 3.8) is 0 Å². The largest absolute Gasteiger partial charge is 0.364 e. The van der Waals surface area contributed by atoms with Gasteiger partial charge in [0.25, 0.3) is 5.91 Å². The minimum absolute atomic E-state index is 0.322. The molecule has 0 spiro atoms. The number of carbonyl (C=O) groups excluding carboxylic acids is 1. The first kappa shape index (κ1) is 12.2.